The second-order valence-corrected chi connectivity index (χ2v) is 5.00. The Balaban J connectivity index is 1.96. The molecular formula is C12H20N4O. The molecule has 0 bridgehead atoms. The quantitative estimate of drug-likeness (QED) is 0.742. The van der Waals surface area contributed by atoms with Gasteiger partial charge in [-0.15, -0.1) is 0 Å². The van der Waals surface area contributed by atoms with Crippen LogP contribution in [0.3, 0.4) is 0 Å². The van der Waals surface area contributed by atoms with Crippen molar-refractivity contribution in [2.24, 2.45) is 5.41 Å². The molecule has 1 amide bonds. The largest absolute Gasteiger partial charge is 0.395 e. The zero-order valence-corrected chi connectivity index (χ0v) is 10.5. The second-order valence-electron chi connectivity index (χ2n) is 5.00. The zero-order valence-electron chi connectivity index (χ0n) is 10.5. The number of nitrogens with zero attached hydrogens (tertiary/aromatic N) is 1. The summed E-state index contributed by atoms with van der Waals surface area (Å²) in [7, 11) is 0. The minimum atomic E-state index is -0.174. The number of nitrogen functional groups attached to an aromatic ring is 1. The lowest BCUT2D eigenvalue weighted by atomic mass is 9.67. The summed E-state index contributed by atoms with van der Waals surface area (Å²) in [5.41, 5.74) is 7.58. The fourth-order valence-electron chi connectivity index (χ4n) is 2.29. The van der Waals surface area contributed by atoms with Crippen LogP contribution in [0.2, 0.25) is 0 Å². The molecule has 0 spiro atoms. The van der Waals surface area contributed by atoms with Gasteiger partial charge in [-0.1, -0.05) is 13.3 Å². The third kappa shape index (κ3) is 2.14. The Morgan fingerprint density at radius 3 is 2.71 bits per heavy atom. The van der Waals surface area contributed by atoms with E-state index in [1.807, 2.05) is 0 Å². The molecule has 0 saturated heterocycles. The number of amides is 1. The van der Waals surface area contributed by atoms with Gasteiger partial charge in [-0.2, -0.15) is 5.10 Å². The van der Waals surface area contributed by atoms with Crippen LogP contribution in [0, 0.1) is 12.3 Å². The van der Waals surface area contributed by atoms with Gasteiger partial charge in [-0.05, 0) is 31.6 Å². The highest BCUT2D eigenvalue weighted by molar-refractivity contribution is 5.97. The van der Waals surface area contributed by atoms with Crippen molar-refractivity contribution in [1.29, 1.82) is 0 Å². The fourth-order valence-corrected chi connectivity index (χ4v) is 2.29. The molecule has 17 heavy (non-hydrogen) atoms. The van der Waals surface area contributed by atoms with E-state index >= 15 is 0 Å². The number of carbonyl (C=O) groups is 1. The highest BCUT2D eigenvalue weighted by atomic mass is 16.1. The number of nitrogens with two attached hydrogens (primary N) is 1. The monoisotopic (exact) mass is 236 g/mol. The van der Waals surface area contributed by atoms with Crippen molar-refractivity contribution in [1.82, 2.24) is 15.5 Å². The number of nitrogens with one attached hydrogen (secondary N) is 2. The van der Waals surface area contributed by atoms with Crippen LogP contribution in [0.25, 0.3) is 0 Å². The van der Waals surface area contributed by atoms with Gasteiger partial charge in [-0.3, -0.25) is 9.89 Å². The molecule has 0 unspecified atom stereocenters. The van der Waals surface area contributed by atoms with Crippen molar-refractivity contribution in [2.45, 2.75) is 39.5 Å². The van der Waals surface area contributed by atoms with Crippen molar-refractivity contribution in [3.05, 3.63) is 11.4 Å². The van der Waals surface area contributed by atoms with E-state index in [1.165, 1.54) is 19.3 Å². The van der Waals surface area contributed by atoms with E-state index in [4.69, 9.17) is 5.73 Å². The Kier molecular flexibility index (Phi) is 3.09. The minimum absolute atomic E-state index is 0.174. The van der Waals surface area contributed by atoms with E-state index in [2.05, 4.69) is 22.4 Å². The maximum absolute atomic E-state index is 11.9. The van der Waals surface area contributed by atoms with Crippen LogP contribution >= 0.6 is 0 Å². The van der Waals surface area contributed by atoms with Crippen LogP contribution in [-0.2, 0) is 0 Å². The molecule has 5 heteroatoms. The standard InChI is InChI=1S/C12H20N4O/c1-3-12(5-4-6-12)7-14-11(17)10-9(13)8(2)15-16-10/h3-7,13H2,1-2H3,(H,14,17)(H,15,16). The van der Waals surface area contributed by atoms with Crippen LogP contribution in [0.15, 0.2) is 0 Å². The molecule has 1 saturated carbocycles. The molecule has 1 heterocycles. The highest BCUT2D eigenvalue weighted by Gasteiger charge is 2.35. The van der Waals surface area contributed by atoms with Gasteiger partial charge in [0.1, 0.15) is 0 Å². The van der Waals surface area contributed by atoms with E-state index in [0.717, 1.165) is 18.7 Å². The number of carbonyl (C=O) groups excluding carboxylic acids is 1. The first kappa shape index (κ1) is 12.0. The molecule has 1 aromatic rings. The lowest BCUT2D eigenvalue weighted by molar-refractivity contribution is 0.0846. The van der Waals surface area contributed by atoms with Crippen LogP contribution in [0.5, 0.6) is 0 Å². The van der Waals surface area contributed by atoms with E-state index in [9.17, 15) is 4.79 Å². The highest BCUT2D eigenvalue weighted by Crippen LogP contribution is 2.43. The number of hydrogen-bond donors (Lipinski definition) is 3. The lowest BCUT2D eigenvalue weighted by Crippen LogP contribution is -2.41. The average molecular weight is 236 g/mol. The van der Waals surface area contributed by atoms with E-state index < -0.39 is 0 Å². The summed E-state index contributed by atoms with van der Waals surface area (Å²) in [5.74, 6) is -0.174. The first-order chi connectivity index (χ1) is 8.08. The normalized spacial score (nSPS) is 17.5. The second kappa shape index (κ2) is 4.39. The summed E-state index contributed by atoms with van der Waals surface area (Å²) in [6, 6.07) is 0. The van der Waals surface area contributed by atoms with Crippen molar-refractivity contribution in [2.75, 3.05) is 12.3 Å². The van der Waals surface area contributed by atoms with Gasteiger partial charge >= 0.3 is 0 Å². The molecule has 0 aromatic carbocycles. The number of rotatable bonds is 4. The molecular weight excluding hydrogens is 216 g/mol. The Morgan fingerprint density at radius 2 is 2.29 bits per heavy atom. The first-order valence-electron chi connectivity index (χ1n) is 6.16. The molecule has 0 atom stereocenters. The molecule has 1 aliphatic carbocycles. The summed E-state index contributed by atoms with van der Waals surface area (Å²) in [5, 5.41) is 9.59. The molecule has 0 aliphatic heterocycles. The Bertz CT molecular complexity index is 415. The molecule has 1 aliphatic rings. The van der Waals surface area contributed by atoms with Crippen LogP contribution < -0.4 is 11.1 Å². The summed E-state index contributed by atoms with van der Waals surface area (Å²) in [6.45, 7) is 4.71. The van der Waals surface area contributed by atoms with Crippen molar-refractivity contribution in [3.63, 3.8) is 0 Å². The van der Waals surface area contributed by atoms with Gasteiger partial charge in [0, 0.05) is 6.54 Å². The molecule has 2 rings (SSSR count). The average Bonchev–Trinajstić information content (AvgIpc) is 2.59. The van der Waals surface area contributed by atoms with Gasteiger partial charge in [0.05, 0.1) is 11.4 Å². The Labute approximate surface area is 101 Å². The van der Waals surface area contributed by atoms with Gasteiger partial charge in [0.25, 0.3) is 5.91 Å². The molecule has 94 valence electrons. The molecule has 5 nitrogen and oxygen atoms in total. The summed E-state index contributed by atoms with van der Waals surface area (Å²) < 4.78 is 0. The summed E-state index contributed by atoms with van der Waals surface area (Å²) in [4.78, 5) is 11.9. The Hall–Kier alpha value is -1.52. The van der Waals surface area contributed by atoms with Crippen molar-refractivity contribution >= 4 is 11.6 Å². The topological polar surface area (TPSA) is 83.8 Å². The van der Waals surface area contributed by atoms with Gasteiger partial charge in [0.2, 0.25) is 0 Å². The maximum Gasteiger partial charge on any atom is 0.273 e. The predicted octanol–water partition coefficient (Wildman–Crippen LogP) is 1.61. The predicted molar refractivity (Wildman–Crippen MR) is 66.6 cm³/mol. The molecule has 0 radical (unpaired) electrons. The van der Waals surface area contributed by atoms with Gasteiger partial charge in [0.15, 0.2) is 5.69 Å². The maximum atomic E-state index is 11.9. The fraction of sp³-hybridized carbons (Fsp3) is 0.667. The summed E-state index contributed by atoms with van der Waals surface area (Å²) in [6.07, 6.45) is 4.80. The number of hydrogen-bond acceptors (Lipinski definition) is 3. The van der Waals surface area contributed by atoms with Crippen molar-refractivity contribution in [3.8, 4) is 0 Å². The molecule has 1 fully saturated rings. The van der Waals surface area contributed by atoms with Gasteiger partial charge in [-0.25, -0.2) is 0 Å². The van der Waals surface area contributed by atoms with E-state index in [-0.39, 0.29) is 5.91 Å². The van der Waals surface area contributed by atoms with Crippen LogP contribution in [0.4, 0.5) is 5.69 Å². The Morgan fingerprint density at radius 1 is 1.59 bits per heavy atom. The van der Waals surface area contributed by atoms with Crippen molar-refractivity contribution < 1.29 is 4.79 Å². The third-order valence-corrected chi connectivity index (χ3v) is 4.00. The lowest BCUT2D eigenvalue weighted by Gasteiger charge is -2.41. The third-order valence-electron chi connectivity index (χ3n) is 4.00. The summed E-state index contributed by atoms with van der Waals surface area (Å²) >= 11 is 0. The minimum Gasteiger partial charge on any atom is -0.395 e. The van der Waals surface area contributed by atoms with E-state index in [1.54, 1.807) is 6.92 Å². The molecule has 4 N–H and O–H groups in total. The zero-order chi connectivity index (χ0) is 12.5. The number of aromatic nitrogens is 2. The smallest absolute Gasteiger partial charge is 0.273 e. The number of aromatic amines is 1. The SMILES string of the molecule is CCC1(CNC(=O)c2n[nH]c(C)c2N)CCC1. The number of H-pyrrole nitrogens is 1. The van der Waals surface area contributed by atoms with E-state index in [0.29, 0.717) is 16.8 Å². The van der Waals surface area contributed by atoms with Gasteiger partial charge < -0.3 is 11.1 Å². The first-order valence-corrected chi connectivity index (χ1v) is 6.16. The number of anilines is 1. The van der Waals surface area contributed by atoms with Crippen LogP contribution in [0.1, 0.15) is 48.8 Å². The number of aryl methyl sites for hydroxylation is 1. The molecule has 1 aromatic heterocycles. The van der Waals surface area contributed by atoms with Crippen LogP contribution in [-0.4, -0.2) is 22.6 Å².